The zero-order chi connectivity index (χ0) is 16.1. The summed E-state index contributed by atoms with van der Waals surface area (Å²) in [6, 6.07) is 13.7. The quantitative estimate of drug-likeness (QED) is 0.677. The van der Waals surface area contributed by atoms with E-state index in [9.17, 15) is 13.6 Å². The molecule has 0 aromatic heterocycles. The van der Waals surface area contributed by atoms with Crippen molar-refractivity contribution in [2.24, 2.45) is 0 Å². The number of benzene rings is 2. The summed E-state index contributed by atoms with van der Waals surface area (Å²) in [5.41, 5.74) is 2.24. The lowest BCUT2D eigenvalue weighted by molar-refractivity contribution is 0.0526. The Morgan fingerprint density at radius 3 is 2.59 bits per heavy atom. The van der Waals surface area contributed by atoms with E-state index in [1.807, 2.05) is 19.1 Å². The smallest absolute Gasteiger partial charge is 0.338 e. The zero-order valence-corrected chi connectivity index (χ0v) is 13.2. The maximum Gasteiger partial charge on any atom is 0.338 e. The minimum atomic E-state index is -2.26. The van der Waals surface area contributed by atoms with Gasteiger partial charge in [0.2, 0.25) is 0 Å². The highest BCUT2D eigenvalue weighted by Crippen LogP contribution is 2.30. The van der Waals surface area contributed by atoms with Gasteiger partial charge in [-0.1, -0.05) is 24.3 Å². The second-order valence-electron chi connectivity index (χ2n) is 4.58. The van der Waals surface area contributed by atoms with Crippen molar-refractivity contribution >= 4 is 28.6 Å². The molecule has 22 heavy (non-hydrogen) atoms. The zero-order valence-electron chi connectivity index (χ0n) is 12.4. The number of rotatable bonds is 5. The Balaban J connectivity index is 2.46. The van der Waals surface area contributed by atoms with Crippen molar-refractivity contribution in [3.05, 3.63) is 59.7 Å². The van der Waals surface area contributed by atoms with Crippen LogP contribution in [0.2, 0.25) is 0 Å². The number of carbonyl (C=O) groups excluding carboxylic acids is 1. The number of nitrogens with zero attached hydrogens (tertiary/aromatic N) is 1. The second-order valence-corrected chi connectivity index (χ2v) is 5.41. The van der Waals surface area contributed by atoms with Gasteiger partial charge in [-0.25, -0.2) is 13.3 Å². The fourth-order valence-electron chi connectivity index (χ4n) is 2.08. The van der Waals surface area contributed by atoms with E-state index in [2.05, 4.69) is 0 Å². The van der Waals surface area contributed by atoms with Crippen LogP contribution in [0, 0.1) is 6.92 Å². The van der Waals surface area contributed by atoms with Crippen LogP contribution in [0.4, 0.5) is 11.4 Å². The number of esters is 1. The maximum absolute atomic E-state index is 11.8. The van der Waals surface area contributed by atoms with Gasteiger partial charge in [0.05, 0.1) is 23.5 Å². The molecule has 0 radical (unpaired) electrons. The molecule has 0 spiro atoms. The van der Waals surface area contributed by atoms with Crippen molar-refractivity contribution < 1.29 is 18.3 Å². The van der Waals surface area contributed by atoms with Gasteiger partial charge in [-0.3, -0.25) is 4.55 Å². The molecular weight excluding hydrogens is 302 g/mol. The molecule has 2 rings (SSSR count). The summed E-state index contributed by atoms with van der Waals surface area (Å²) in [4.78, 5) is 11.8. The van der Waals surface area contributed by atoms with Crippen molar-refractivity contribution in [1.82, 2.24) is 0 Å². The van der Waals surface area contributed by atoms with Gasteiger partial charge in [-0.05, 0) is 43.7 Å². The molecule has 1 unspecified atom stereocenters. The number of hydrogen-bond acceptors (Lipinski definition) is 3. The predicted molar refractivity (Wildman–Crippen MR) is 86.5 cm³/mol. The van der Waals surface area contributed by atoms with Crippen LogP contribution in [0.3, 0.4) is 0 Å². The monoisotopic (exact) mass is 319 g/mol. The van der Waals surface area contributed by atoms with E-state index >= 15 is 0 Å². The Hall–Kier alpha value is -2.18. The van der Waals surface area contributed by atoms with Gasteiger partial charge in [-0.2, -0.15) is 0 Å². The van der Waals surface area contributed by atoms with E-state index in [1.54, 1.807) is 43.3 Å². The first kappa shape index (κ1) is 16.2. The van der Waals surface area contributed by atoms with Crippen LogP contribution >= 0.6 is 0 Å². The van der Waals surface area contributed by atoms with Crippen LogP contribution < -0.4 is 4.31 Å². The highest BCUT2D eigenvalue weighted by molar-refractivity contribution is 7.81. The summed E-state index contributed by atoms with van der Waals surface area (Å²) in [5, 5.41) is 0. The second kappa shape index (κ2) is 7.20. The number of aryl methyl sites for hydroxylation is 1. The number of hydrogen-bond donors (Lipinski definition) is 1. The van der Waals surface area contributed by atoms with Crippen LogP contribution in [-0.2, 0) is 16.0 Å². The van der Waals surface area contributed by atoms with E-state index in [0.29, 0.717) is 16.9 Å². The molecule has 116 valence electrons. The van der Waals surface area contributed by atoms with Crippen molar-refractivity contribution in [2.75, 3.05) is 10.9 Å². The average Bonchev–Trinajstić information content (AvgIpc) is 2.50. The third kappa shape index (κ3) is 3.52. The lowest BCUT2D eigenvalue weighted by Gasteiger charge is -2.22. The van der Waals surface area contributed by atoms with Crippen molar-refractivity contribution in [2.45, 2.75) is 13.8 Å². The first-order valence-electron chi connectivity index (χ1n) is 6.78. The third-order valence-electron chi connectivity index (χ3n) is 3.08. The minimum Gasteiger partial charge on any atom is -0.462 e. The van der Waals surface area contributed by atoms with E-state index in [0.717, 1.165) is 5.56 Å². The Labute approximate surface area is 131 Å². The van der Waals surface area contributed by atoms with Gasteiger partial charge >= 0.3 is 5.97 Å². The molecule has 1 atom stereocenters. The maximum atomic E-state index is 11.8. The third-order valence-corrected chi connectivity index (χ3v) is 3.80. The molecule has 0 aliphatic heterocycles. The lowest BCUT2D eigenvalue weighted by Crippen LogP contribution is -2.20. The fourth-order valence-corrected chi connectivity index (χ4v) is 2.75. The first-order valence-corrected chi connectivity index (χ1v) is 7.85. The Bertz CT molecular complexity index is 702. The average molecular weight is 319 g/mol. The summed E-state index contributed by atoms with van der Waals surface area (Å²) in [5.74, 6) is -0.460. The van der Waals surface area contributed by atoms with Gasteiger partial charge in [0.1, 0.15) is 0 Å². The molecule has 0 bridgehead atoms. The molecule has 0 fully saturated rings. The molecule has 1 N–H and O–H groups in total. The molecule has 0 heterocycles. The SMILES string of the molecule is CCOC(=O)c1cccc(N(c2ccccc2C)S(=O)O)c1. The normalized spacial score (nSPS) is 11.8. The Morgan fingerprint density at radius 1 is 1.23 bits per heavy atom. The van der Waals surface area contributed by atoms with Crippen LogP contribution in [0.5, 0.6) is 0 Å². The number of ether oxygens (including phenoxy) is 1. The number of anilines is 2. The van der Waals surface area contributed by atoms with E-state index in [-0.39, 0.29) is 6.61 Å². The standard InChI is InChI=1S/C16H17NO4S/c1-3-21-16(18)13-8-6-9-14(11-13)17(22(19)20)15-10-5-4-7-12(15)2/h4-11H,3H2,1-2H3,(H,19,20). The van der Waals surface area contributed by atoms with Crippen LogP contribution in [-0.4, -0.2) is 21.3 Å². The molecule has 5 nitrogen and oxygen atoms in total. The van der Waals surface area contributed by atoms with Gasteiger partial charge in [0, 0.05) is 0 Å². The van der Waals surface area contributed by atoms with Crippen LogP contribution in [0.25, 0.3) is 0 Å². The van der Waals surface area contributed by atoms with Gasteiger partial charge in [-0.15, -0.1) is 0 Å². The summed E-state index contributed by atoms with van der Waals surface area (Å²) in [6.45, 7) is 3.85. The van der Waals surface area contributed by atoms with Gasteiger partial charge < -0.3 is 4.74 Å². The Morgan fingerprint density at radius 2 is 1.95 bits per heavy atom. The number of carbonyl (C=O) groups is 1. The predicted octanol–water partition coefficient (Wildman–Crippen LogP) is 3.45. The number of para-hydroxylation sites is 1. The molecule has 2 aromatic carbocycles. The van der Waals surface area contributed by atoms with Crippen molar-refractivity contribution in [3.63, 3.8) is 0 Å². The molecule has 2 aromatic rings. The topological polar surface area (TPSA) is 66.8 Å². The lowest BCUT2D eigenvalue weighted by atomic mass is 10.1. The molecule has 0 amide bonds. The Kier molecular flexibility index (Phi) is 5.30. The van der Waals surface area contributed by atoms with Crippen LogP contribution in [0.15, 0.2) is 48.5 Å². The minimum absolute atomic E-state index is 0.274. The van der Waals surface area contributed by atoms with E-state index in [1.165, 1.54) is 4.31 Å². The molecule has 0 aliphatic carbocycles. The van der Waals surface area contributed by atoms with Crippen LogP contribution in [0.1, 0.15) is 22.8 Å². The summed E-state index contributed by atoms with van der Waals surface area (Å²) < 4.78 is 27.7. The first-order chi connectivity index (χ1) is 10.5. The molecule has 0 saturated carbocycles. The highest BCUT2D eigenvalue weighted by atomic mass is 32.2. The summed E-state index contributed by atoms with van der Waals surface area (Å²) in [6.07, 6.45) is 0. The van der Waals surface area contributed by atoms with Gasteiger partial charge in [0.15, 0.2) is 0 Å². The fraction of sp³-hybridized carbons (Fsp3) is 0.188. The summed E-state index contributed by atoms with van der Waals surface area (Å²) >= 11 is -2.26. The van der Waals surface area contributed by atoms with E-state index in [4.69, 9.17) is 4.74 Å². The van der Waals surface area contributed by atoms with Gasteiger partial charge in [0.25, 0.3) is 11.3 Å². The molecule has 0 aliphatic rings. The molecule has 6 heteroatoms. The molecule has 0 saturated heterocycles. The van der Waals surface area contributed by atoms with Crippen molar-refractivity contribution in [3.8, 4) is 0 Å². The van der Waals surface area contributed by atoms with E-state index < -0.39 is 17.2 Å². The largest absolute Gasteiger partial charge is 0.462 e. The van der Waals surface area contributed by atoms with Crippen molar-refractivity contribution in [1.29, 1.82) is 0 Å². The summed E-state index contributed by atoms with van der Waals surface area (Å²) in [7, 11) is 0. The molecular formula is C16H17NO4S. The highest BCUT2D eigenvalue weighted by Gasteiger charge is 2.18.